The van der Waals surface area contributed by atoms with Crippen LogP contribution in [0, 0.1) is 0 Å². The predicted molar refractivity (Wildman–Crippen MR) is 73.4 cm³/mol. The summed E-state index contributed by atoms with van der Waals surface area (Å²) in [6.07, 6.45) is 0. The summed E-state index contributed by atoms with van der Waals surface area (Å²) in [6, 6.07) is 9.42. The molecule has 0 amide bonds. The van der Waals surface area contributed by atoms with E-state index in [2.05, 4.69) is 42.8 Å². The molecule has 17 heavy (non-hydrogen) atoms. The van der Waals surface area contributed by atoms with Crippen LogP contribution < -0.4 is 0 Å². The molecule has 0 saturated carbocycles. The molecule has 1 aliphatic heterocycles. The van der Waals surface area contributed by atoms with Crippen LogP contribution in [-0.4, -0.2) is 42.0 Å². The molecule has 1 aromatic carbocycles. The van der Waals surface area contributed by atoms with Crippen LogP contribution in [0.1, 0.15) is 19.4 Å². The van der Waals surface area contributed by atoms with Gasteiger partial charge >= 0.3 is 0 Å². The first-order valence-electron chi connectivity index (χ1n) is 6.25. The number of hydrogen-bond acceptors (Lipinski definition) is 2. The summed E-state index contributed by atoms with van der Waals surface area (Å²) in [6.45, 7) is 7.86. The van der Waals surface area contributed by atoms with Crippen LogP contribution in [0.25, 0.3) is 0 Å². The molecule has 0 aliphatic carbocycles. The molecule has 1 heterocycles. The molecular formula is C14H21ClN2. The predicted octanol–water partition coefficient (Wildman–Crippen LogP) is 2.86. The SMILES string of the molecule is C[C@@H]1CN(C)[C@@H](C)CN1Cc1cccc(Cl)c1. The van der Waals surface area contributed by atoms with Crippen molar-refractivity contribution in [3.05, 3.63) is 34.9 Å². The minimum Gasteiger partial charge on any atom is -0.301 e. The highest BCUT2D eigenvalue weighted by Gasteiger charge is 2.26. The molecule has 3 heteroatoms. The fraction of sp³-hybridized carbons (Fsp3) is 0.571. The Morgan fingerprint density at radius 3 is 2.71 bits per heavy atom. The molecule has 1 aliphatic rings. The lowest BCUT2D eigenvalue weighted by molar-refractivity contribution is 0.0546. The van der Waals surface area contributed by atoms with E-state index in [1.807, 2.05) is 12.1 Å². The van der Waals surface area contributed by atoms with Gasteiger partial charge in [0.05, 0.1) is 0 Å². The molecular weight excluding hydrogens is 232 g/mol. The van der Waals surface area contributed by atoms with Gasteiger partial charge < -0.3 is 4.90 Å². The minimum absolute atomic E-state index is 0.607. The van der Waals surface area contributed by atoms with E-state index < -0.39 is 0 Å². The smallest absolute Gasteiger partial charge is 0.0409 e. The maximum absolute atomic E-state index is 6.02. The van der Waals surface area contributed by atoms with E-state index in [4.69, 9.17) is 11.6 Å². The second kappa shape index (κ2) is 5.38. The van der Waals surface area contributed by atoms with E-state index in [0.29, 0.717) is 12.1 Å². The van der Waals surface area contributed by atoms with Gasteiger partial charge in [0.25, 0.3) is 0 Å². The normalized spacial score (nSPS) is 27.3. The molecule has 1 saturated heterocycles. The Kier molecular flexibility index (Phi) is 4.08. The largest absolute Gasteiger partial charge is 0.301 e. The number of piperazine rings is 1. The van der Waals surface area contributed by atoms with Crippen LogP contribution in [-0.2, 0) is 6.54 Å². The lowest BCUT2D eigenvalue weighted by Crippen LogP contribution is -2.54. The monoisotopic (exact) mass is 252 g/mol. The van der Waals surface area contributed by atoms with E-state index in [0.717, 1.165) is 24.7 Å². The van der Waals surface area contributed by atoms with Crippen molar-refractivity contribution < 1.29 is 0 Å². The van der Waals surface area contributed by atoms with Crippen LogP contribution in [0.15, 0.2) is 24.3 Å². The highest BCUT2D eigenvalue weighted by molar-refractivity contribution is 6.30. The standard InChI is InChI=1S/C14H21ClN2/c1-11-9-17(12(2)8-16(11)3)10-13-5-4-6-14(15)7-13/h4-7,11-12H,8-10H2,1-3H3/t11-,12+/m0/s1. The number of rotatable bonds is 2. The van der Waals surface area contributed by atoms with Gasteiger partial charge in [-0.15, -0.1) is 0 Å². The van der Waals surface area contributed by atoms with E-state index in [9.17, 15) is 0 Å². The minimum atomic E-state index is 0.607. The van der Waals surface area contributed by atoms with Crippen LogP contribution in [0.4, 0.5) is 0 Å². The van der Waals surface area contributed by atoms with Crippen molar-refractivity contribution >= 4 is 11.6 Å². The molecule has 0 radical (unpaired) electrons. The second-order valence-electron chi connectivity index (χ2n) is 5.20. The number of nitrogens with zero attached hydrogens (tertiary/aromatic N) is 2. The first-order valence-corrected chi connectivity index (χ1v) is 6.63. The zero-order valence-electron chi connectivity index (χ0n) is 10.9. The first kappa shape index (κ1) is 12.9. The average Bonchev–Trinajstić information content (AvgIpc) is 2.26. The van der Waals surface area contributed by atoms with Crippen molar-refractivity contribution in [1.82, 2.24) is 9.80 Å². The van der Waals surface area contributed by atoms with Crippen LogP contribution >= 0.6 is 11.6 Å². The Morgan fingerprint density at radius 1 is 1.24 bits per heavy atom. The number of benzene rings is 1. The average molecular weight is 253 g/mol. The molecule has 2 atom stereocenters. The van der Waals surface area contributed by atoms with Crippen molar-refractivity contribution in [2.45, 2.75) is 32.5 Å². The maximum Gasteiger partial charge on any atom is 0.0409 e. The summed E-state index contributed by atoms with van der Waals surface area (Å²) >= 11 is 6.02. The topological polar surface area (TPSA) is 6.48 Å². The molecule has 1 fully saturated rings. The summed E-state index contributed by atoms with van der Waals surface area (Å²) in [5.41, 5.74) is 1.31. The van der Waals surface area contributed by atoms with E-state index in [1.54, 1.807) is 0 Å². The third kappa shape index (κ3) is 3.21. The van der Waals surface area contributed by atoms with Crippen molar-refractivity contribution in [2.75, 3.05) is 20.1 Å². The molecule has 0 N–H and O–H groups in total. The second-order valence-corrected chi connectivity index (χ2v) is 5.63. The van der Waals surface area contributed by atoms with Gasteiger partial charge in [-0.25, -0.2) is 0 Å². The van der Waals surface area contributed by atoms with Crippen molar-refractivity contribution in [3.63, 3.8) is 0 Å². The first-order chi connectivity index (χ1) is 8.06. The third-order valence-electron chi connectivity index (χ3n) is 3.70. The van der Waals surface area contributed by atoms with Gasteiger partial charge in [0, 0.05) is 36.7 Å². The Balaban J connectivity index is 2.03. The molecule has 0 bridgehead atoms. The van der Waals surface area contributed by atoms with E-state index in [1.165, 1.54) is 5.56 Å². The van der Waals surface area contributed by atoms with Gasteiger partial charge in [-0.3, -0.25) is 4.90 Å². The molecule has 0 spiro atoms. The Hall–Kier alpha value is -0.570. The highest BCUT2D eigenvalue weighted by Crippen LogP contribution is 2.18. The van der Waals surface area contributed by atoms with Crippen LogP contribution in [0.3, 0.4) is 0 Å². The zero-order valence-corrected chi connectivity index (χ0v) is 11.6. The lowest BCUT2D eigenvalue weighted by atomic mass is 10.1. The summed E-state index contributed by atoms with van der Waals surface area (Å²) < 4.78 is 0. The molecule has 1 aromatic rings. The quantitative estimate of drug-likeness (QED) is 0.799. The summed E-state index contributed by atoms with van der Waals surface area (Å²) in [7, 11) is 2.21. The Bertz CT molecular complexity index is 380. The summed E-state index contributed by atoms with van der Waals surface area (Å²) in [5.74, 6) is 0. The fourth-order valence-electron chi connectivity index (χ4n) is 2.46. The molecule has 2 rings (SSSR count). The van der Waals surface area contributed by atoms with Gasteiger partial charge in [0.15, 0.2) is 0 Å². The molecule has 94 valence electrons. The van der Waals surface area contributed by atoms with Gasteiger partial charge in [-0.1, -0.05) is 23.7 Å². The van der Waals surface area contributed by atoms with Crippen LogP contribution in [0.5, 0.6) is 0 Å². The number of hydrogen-bond donors (Lipinski definition) is 0. The fourth-order valence-corrected chi connectivity index (χ4v) is 2.67. The van der Waals surface area contributed by atoms with Crippen molar-refractivity contribution in [1.29, 1.82) is 0 Å². The summed E-state index contributed by atoms with van der Waals surface area (Å²) in [4.78, 5) is 4.97. The molecule has 0 unspecified atom stereocenters. The zero-order chi connectivity index (χ0) is 12.4. The lowest BCUT2D eigenvalue weighted by Gasteiger charge is -2.42. The van der Waals surface area contributed by atoms with E-state index in [-0.39, 0.29) is 0 Å². The summed E-state index contributed by atoms with van der Waals surface area (Å²) in [5, 5.41) is 0.831. The third-order valence-corrected chi connectivity index (χ3v) is 3.94. The number of halogens is 1. The van der Waals surface area contributed by atoms with Gasteiger partial charge in [-0.2, -0.15) is 0 Å². The van der Waals surface area contributed by atoms with Gasteiger partial charge in [-0.05, 0) is 38.6 Å². The number of likely N-dealkylation sites (N-methyl/N-ethyl adjacent to an activating group) is 1. The highest BCUT2D eigenvalue weighted by atomic mass is 35.5. The Morgan fingerprint density at radius 2 is 2.00 bits per heavy atom. The van der Waals surface area contributed by atoms with Crippen molar-refractivity contribution in [3.8, 4) is 0 Å². The van der Waals surface area contributed by atoms with E-state index >= 15 is 0 Å². The molecule has 2 nitrogen and oxygen atoms in total. The van der Waals surface area contributed by atoms with Gasteiger partial charge in [0.2, 0.25) is 0 Å². The van der Waals surface area contributed by atoms with Crippen LogP contribution in [0.2, 0.25) is 5.02 Å². The Labute approximate surface area is 109 Å². The maximum atomic E-state index is 6.02. The molecule has 0 aromatic heterocycles. The van der Waals surface area contributed by atoms with Gasteiger partial charge in [0.1, 0.15) is 0 Å². The van der Waals surface area contributed by atoms with Crippen molar-refractivity contribution in [2.24, 2.45) is 0 Å².